The molecule has 0 aliphatic heterocycles. The van der Waals surface area contributed by atoms with E-state index in [0.29, 0.717) is 5.92 Å². The number of nitrogens with two attached hydrogens (primary N) is 1. The second kappa shape index (κ2) is 6.38. The number of hydrogen-bond acceptors (Lipinski definition) is 3. The predicted molar refractivity (Wildman–Crippen MR) is 69.7 cm³/mol. The van der Waals surface area contributed by atoms with Crippen molar-refractivity contribution in [2.24, 2.45) is 5.92 Å². The van der Waals surface area contributed by atoms with E-state index >= 15 is 0 Å². The summed E-state index contributed by atoms with van der Waals surface area (Å²) < 4.78 is 5.48. The van der Waals surface area contributed by atoms with Crippen molar-refractivity contribution in [3.8, 4) is 0 Å². The Balaban J connectivity index is 2.24. The Bertz CT molecular complexity index is 324. The first-order valence-electron chi connectivity index (χ1n) is 5.77. The highest BCUT2D eigenvalue weighted by molar-refractivity contribution is 5.58. The van der Waals surface area contributed by atoms with E-state index in [-0.39, 0.29) is 0 Å². The Hall–Kier alpha value is -1.22. The third-order valence-corrected chi connectivity index (χ3v) is 2.31. The minimum absolute atomic E-state index is 0.593. The van der Waals surface area contributed by atoms with Crippen molar-refractivity contribution in [3.05, 3.63) is 23.8 Å². The summed E-state index contributed by atoms with van der Waals surface area (Å²) in [6.07, 6.45) is 0. The van der Waals surface area contributed by atoms with Gasteiger partial charge in [-0.15, -0.1) is 0 Å². The molecule has 3 heteroatoms. The predicted octanol–water partition coefficient (Wildman–Crippen LogP) is 2.66. The first kappa shape index (κ1) is 12.8. The first-order valence-corrected chi connectivity index (χ1v) is 5.77. The Labute approximate surface area is 98.0 Å². The van der Waals surface area contributed by atoms with E-state index in [4.69, 9.17) is 10.5 Å². The largest absolute Gasteiger partial charge is 0.398 e. The van der Waals surface area contributed by atoms with Gasteiger partial charge < -0.3 is 15.8 Å². The van der Waals surface area contributed by atoms with E-state index in [1.54, 1.807) is 0 Å². The average Bonchev–Trinajstić information content (AvgIpc) is 2.22. The van der Waals surface area contributed by atoms with Gasteiger partial charge in [0.2, 0.25) is 0 Å². The van der Waals surface area contributed by atoms with Crippen molar-refractivity contribution < 1.29 is 4.74 Å². The Kier molecular flexibility index (Phi) is 5.12. The van der Waals surface area contributed by atoms with Crippen LogP contribution in [0.4, 0.5) is 11.4 Å². The van der Waals surface area contributed by atoms with Gasteiger partial charge in [-0.2, -0.15) is 0 Å². The molecular formula is C13H22N2O. The molecule has 0 spiro atoms. The second-order valence-electron chi connectivity index (χ2n) is 4.47. The summed E-state index contributed by atoms with van der Waals surface area (Å²) in [5.41, 5.74) is 8.81. The number of nitrogen functional groups attached to an aromatic ring is 1. The molecule has 0 aromatic heterocycles. The SMILES string of the molecule is Cc1ccc(NCCOCC(C)C)cc1N. The topological polar surface area (TPSA) is 47.3 Å². The molecule has 0 saturated carbocycles. The zero-order valence-corrected chi connectivity index (χ0v) is 10.4. The van der Waals surface area contributed by atoms with Crippen LogP contribution in [0, 0.1) is 12.8 Å². The van der Waals surface area contributed by atoms with Crippen molar-refractivity contribution in [2.45, 2.75) is 20.8 Å². The van der Waals surface area contributed by atoms with Crippen LogP contribution in [0.3, 0.4) is 0 Å². The quantitative estimate of drug-likeness (QED) is 0.574. The van der Waals surface area contributed by atoms with E-state index in [0.717, 1.165) is 36.7 Å². The summed E-state index contributed by atoms with van der Waals surface area (Å²) in [6, 6.07) is 6.01. The van der Waals surface area contributed by atoms with Gasteiger partial charge in [-0.3, -0.25) is 0 Å². The van der Waals surface area contributed by atoms with Crippen molar-refractivity contribution in [1.29, 1.82) is 0 Å². The van der Waals surface area contributed by atoms with Gasteiger partial charge in [0.15, 0.2) is 0 Å². The molecule has 0 radical (unpaired) electrons. The molecule has 3 nitrogen and oxygen atoms in total. The smallest absolute Gasteiger partial charge is 0.0639 e. The second-order valence-corrected chi connectivity index (χ2v) is 4.47. The molecule has 0 aliphatic carbocycles. The van der Waals surface area contributed by atoms with Crippen LogP contribution in [0.25, 0.3) is 0 Å². The molecular weight excluding hydrogens is 200 g/mol. The van der Waals surface area contributed by atoms with Gasteiger partial charge in [0, 0.05) is 24.5 Å². The van der Waals surface area contributed by atoms with Crippen LogP contribution in [0.5, 0.6) is 0 Å². The fourth-order valence-electron chi connectivity index (χ4n) is 1.34. The molecule has 16 heavy (non-hydrogen) atoms. The molecule has 0 atom stereocenters. The van der Waals surface area contributed by atoms with Crippen LogP contribution in [-0.4, -0.2) is 19.8 Å². The Morgan fingerprint density at radius 2 is 2.12 bits per heavy atom. The first-order chi connectivity index (χ1) is 7.59. The van der Waals surface area contributed by atoms with Gasteiger partial charge in [0.1, 0.15) is 0 Å². The van der Waals surface area contributed by atoms with Crippen LogP contribution >= 0.6 is 0 Å². The average molecular weight is 222 g/mol. The molecule has 1 rings (SSSR count). The van der Waals surface area contributed by atoms with Gasteiger partial charge in [-0.1, -0.05) is 19.9 Å². The maximum atomic E-state index is 5.82. The third-order valence-electron chi connectivity index (χ3n) is 2.31. The van der Waals surface area contributed by atoms with Gasteiger partial charge in [-0.05, 0) is 30.5 Å². The molecule has 90 valence electrons. The lowest BCUT2D eigenvalue weighted by atomic mass is 10.2. The molecule has 1 aromatic rings. The maximum absolute atomic E-state index is 5.82. The third kappa shape index (κ3) is 4.53. The summed E-state index contributed by atoms with van der Waals surface area (Å²) in [7, 11) is 0. The zero-order chi connectivity index (χ0) is 12.0. The highest BCUT2D eigenvalue weighted by atomic mass is 16.5. The standard InChI is InChI=1S/C13H22N2O/c1-10(2)9-16-7-6-15-12-5-4-11(3)13(14)8-12/h4-5,8,10,15H,6-7,9,14H2,1-3H3. The van der Waals surface area contributed by atoms with E-state index in [9.17, 15) is 0 Å². The van der Waals surface area contributed by atoms with Crippen molar-refractivity contribution in [1.82, 2.24) is 0 Å². The lowest BCUT2D eigenvalue weighted by molar-refractivity contribution is 0.118. The summed E-state index contributed by atoms with van der Waals surface area (Å²) in [6.45, 7) is 8.66. The number of hydrogen-bond donors (Lipinski definition) is 2. The van der Waals surface area contributed by atoms with Gasteiger partial charge in [0.25, 0.3) is 0 Å². The van der Waals surface area contributed by atoms with Gasteiger partial charge >= 0.3 is 0 Å². The zero-order valence-electron chi connectivity index (χ0n) is 10.4. The lowest BCUT2D eigenvalue weighted by Crippen LogP contribution is -2.12. The van der Waals surface area contributed by atoms with E-state index in [1.807, 2.05) is 25.1 Å². The monoisotopic (exact) mass is 222 g/mol. The molecule has 0 saturated heterocycles. The Morgan fingerprint density at radius 1 is 1.38 bits per heavy atom. The van der Waals surface area contributed by atoms with Crippen LogP contribution < -0.4 is 11.1 Å². The molecule has 1 aromatic carbocycles. The molecule has 3 N–H and O–H groups in total. The van der Waals surface area contributed by atoms with Crippen LogP contribution in [-0.2, 0) is 4.74 Å². The molecule has 0 heterocycles. The summed E-state index contributed by atoms with van der Waals surface area (Å²) in [5, 5.41) is 3.28. The number of ether oxygens (including phenoxy) is 1. The van der Waals surface area contributed by atoms with Crippen molar-refractivity contribution >= 4 is 11.4 Å². The minimum Gasteiger partial charge on any atom is -0.398 e. The number of rotatable bonds is 6. The van der Waals surface area contributed by atoms with Crippen LogP contribution in [0.2, 0.25) is 0 Å². The normalized spacial score (nSPS) is 10.8. The van der Waals surface area contributed by atoms with Crippen LogP contribution in [0.1, 0.15) is 19.4 Å². The molecule has 0 bridgehead atoms. The van der Waals surface area contributed by atoms with E-state index < -0.39 is 0 Å². The fraction of sp³-hybridized carbons (Fsp3) is 0.538. The lowest BCUT2D eigenvalue weighted by Gasteiger charge is -2.10. The number of aryl methyl sites for hydroxylation is 1. The molecule has 0 fully saturated rings. The van der Waals surface area contributed by atoms with E-state index in [2.05, 4.69) is 19.2 Å². The van der Waals surface area contributed by atoms with Gasteiger partial charge in [0.05, 0.1) is 6.61 Å². The minimum atomic E-state index is 0.593. The molecule has 0 unspecified atom stereocenters. The molecule has 0 amide bonds. The molecule has 0 aliphatic rings. The number of benzene rings is 1. The number of nitrogens with one attached hydrogen (secondary N) is 1. The van der Waals surface area contributed by atoms with E-state index in [1.165, 1.54) is 0 Å². The van der Waals surface area contributed by atoms with Crippen molar-refractivity contribution in [2.75, 3.05) is 30.8 Å². The fourth-order valence-corrected chi connectivity index (χ4v) is 1.34. The summed E-state index contributed by atoms with van der Waals surface area (Å²) in [5.74, 6) is 0.593. The number of anilines is 2. The van der Waals surface area contributed by atoms with Crippen LogP contribution in [0.15, 0.2) is 18.2 Å². The summed E-state index contributed by atoms with van der Waals surface area (Å²) >= 11 is 0. The highest BCUT2D eigenvalue weighted by Crippen LogP contribution is 2.16. The highest BCUT2D eigenvalue weighted by Gasteiger charge is 1.97. The van der Waals surface area contributed by atoms with Crippen molar-refractivity contribution in [3.63, 3.8) is 0 Å². The Morgan fingerprint density at radius 3 is 2.75 bits per heavy atom. The maximum Gasteiger partial charge on any atom is 0.0639 e. The van der Waals surface area contributed by atoms with Gasteiger partial charge in [-0.25, -0.2) is 0 Å². The summed E-state index contributed by atoms with van der Waals surface area (Å²) in [4.78, 5) is 0.